The molecule has 1 fully saturated rings. The van der Waals surface area contributed by atoms with Gasteiger partial charge in [-0.1, -0.05) is 24.3 Å². The Labute approximate surface area is 169 Å². The van der Waals surface area contributed by atoms with Gasteiger partial charge in [-0.25, -0.2) is 21.2 Å². The molecule has 0 amide bonds. The van der Waals surface area contributed by atoms with E-state index in [0.717, 1.165) is 0 Å². The summed E-state index contributed by atoms with van der Waals surface area (Å²) in [7, 11) is -7.16. The van der Waals surface area contributed by atoms with Crippen LogP contribution in [0.4, 0.5) is 10.1 Å². The molecule has 2 N–H and O–H groups in total. The van der Waals surface area contributed by atoms with Crippen molar-refractivity contribution in [2.75, 3.05) is 24.7 Å². The zero-order chi connectivity index (χ0) is 20.9. The smallest absolute Gasteiger partial charge is 0.244 e. The van der Waals surface area contributed by atoms with E-state index >= 15 is 0 Å². The van der Waals surface area contributed by atoms with Crippen LogP contribution in [-0.2, 0) is 26.4 Å². The van der Waals surface area contributed by atoms with Gasteiger partial charge in [-0.15, -0.1) is 0 Å². The fourth-order valence-electron chi connectivity index (χ4n) is 3.98. The summed E-state index contributed by atoms with van der Waals surface area (Å²) in [5, 5.41) is 3.07. The Hall–Kier alpha value is -2.01. The first-order chi connectivity index (χ1) is 13.6. The molecule has 2 aliphatic rings. The molecule has 0 atom stereocenters. The molecule has 1 saturated heterocycles. The molecule has 4 rings (SSSR count). The summed E-state index contributed by atoms with van der Waals surface area (Å²) in [6.45, 7) is 1.49. The Kier molecular flexibility index (Phi) is 4.93. The molecule has 7 nitrogen and oxygen atoms in total. The second-order valence-electron chi connectivity index (χ2n) is 7.58. The van der Waals surface area contributed by atoms with Gasteiger partial charge in [0.15, 0.2) is 9.84 Å². The molecule has 2 heterocycles. The number of halogens is 1. The molecule has 0 aromatic heterocycles. The minimum Gasteiger partial charge on any atom is -0.363 e. The second kappa shape index (κ2) is 7.05. The van der Waals surface area contributed by atoms with Crippen molar-refractivity contribution in [2.24, 2.45) is 0 Å². The van der Waals surface area contributed by atoms with Gasteiger partial charge in [0.25, 0.3) is 0 Å². The first-order valence-electron chi connectivity index (χ1n) is 9.21. The highest BCUT2D eigenvalue weighted by molar-refractivity contribution is 7.90. The third-order valence-corrected chi connectivity index (χ3v) is 8.21. The number of fused-ring (bicyclic) bond motifs is 1. The molecule has 156 valence electrons. The maximum Gasteiger partial charge on any atom is 0.244 e. The number of nitrogens with zero attached hydrogens (tertiary/aromatic N) is 1. The van der Waals surface area contributed by atoms with E-state index in [-0.39, 0.29) is 10.6 Å². The summed E-state index contributed by atoms with van der Waals surface area (Å²) in [6, 6.07) is 10.8. The summed E-state index contributed by atoms with van der Waals surface area (Å²) in [5.74, 6) is -0.601. The minimum absolute atomic E-state index is 0.00196. The third kappa shape index (κ3) is 3.89. The Bertz CT molecular complexity index is 1160. The molecule has 0 saturated carbocycles. The molecule has 0 aliphatic carbocycles. The molecule has 2 aromatic carbocycles. The number of rotatable bonds is 3. The monoisotopic (exact) mass is 439 g/mol. The van der Waals surface area contributed by atoms with Crippen LogP contribution in [0.2, 0.25) is 0 Å². The molecule has 29 heavy (non-hydrogen) atoms. The molecular weight excluding hydrogens is 417 g/mol. The number of anilines is 1. The molecule has 1 spiro atoms. The molecule has 2 aromatic rings. The summed E-state index contributed by atoms with van der Waals surface area (Å²) in [6.07, 6.45) is 2.02. The third-order valence-electron chi connectivity index (χ3n) is 5.43. The Balaban J connectivity index is 1.53. The summed E-state index contributed by atoms with van der Waals surface area (Å²) in [5.41, 5.74) is -0.248. The predicted molar refractivity (Wildman–Crippen MR) is 107 cm³/mol. The second-order valence-corrected chi connectivity index (χ2v) is 11.2. The maximum absolute atomic E-state index is 14.3. The molecule has 0 radical (unpaired) electrons. The van der Waals surface area contributed by atoms with Crippen molar-refractivity contribution in [1.82, 2.24) is 9.62 Å². The SMILES string of the molecule is CS(=O)(=O)c1ccccc1CN1CCC2(CC1)Nc1c(F)cccc1S(=O)(=O)N2. The lowest BCUT2D eigenvalue weighted by molar-refractivity contribution is 0.157. The van der Waals surface area contributed by atoms with E-state index in [1.807, 2.05) is 0 Å². The van der Waals surface area contributed by atoms with Gasteiger partial charge < -0.3 is 5.32 Å². The highest BCUT2D eigenvalue weighted by Gasteiger charge is 2.44. The summed E-state index contributed by atoms with van der Waals surface area (Å²) in [4.78, 5) is 2.28. The van der Waals surface area contributed by atoms with Gasteiger partial charge in [-0.3, -0.25) is 4.90 Å². The first kappa shape index (κ1) is 20.3. The lowest BCUT2D eigenvalue weighted by atomic mass is 9.96. The number of likely N-dealkylation sites (tertiary alicyclic amines) is 1. The zero-order valence-corrected chi connectivity index (χ0v) is 17.5. The number of hydrogen-bond acceptors (Lipinski definition) is 6. The van der Waals surface area contributed by atoms with Crippen LogP contribution in [0.3, 0.4) is 0 Å². The lowest BCUT2D eigenvalue weighted by Crippen LogP contribution is -2.62. The van der Waals surface area contributed by atoms with Crippen LogP contribution in [0.5, 0.6) is 0 Å². The largest absolute Gasteiger partial charge is 0.363 e. The first-order valence-corrected chi connectivity index (χ1v) is 12.6. The van der Waals surface area contributed by atoms with Gasteiger partial charge in [0.1, 0.15) is 16.4 Å². The zero-order valence-electron chi connectivity index (χ0n) is 15.9. The lowest BCUT2D eigenvalue weighted by Gasteiger charge is -2.45. The highest BCUT2D eigenvalue weighted by Crippen LogP contribution is 2.36. The Morgan fingerprint density at radius 2 is 1.79 bits per heavy atom. The minimum atomic E-state index is -3.83. The van der Waals surface area contributed by atoms with Crippen molar-refractivity contribution >= 4 is 25.5 Å². The van der Waals surface area contributed by atoms with E-state index in [0.29, 0.717) is 42.9 Å². The number of sulfonamides is 1. The molecule has 2 aliphatic heterocycles. The van der Waals surface area contributed by atoms with Gasteiger partial charge in [0.05, 0.1) is 10.6 Å². The number of sulfone groups is 1. The number of benzene rings is 2. The van der Waals surface area contributed by atoms with Crippen LogP contribution in [0.15, 0.2) is 52.3 Å². The van der Waals surface area contributed by atoms with E-state index < -0.39 is 31.3 Å². The van der Waals surface area contributed by atoms with Crippen LogP contribution >= 0.6 is 0 Å². The standard InChI is InChI=1S/C19H22FN3O4S2/c1-28(24,25)16-7-3-2-5-14(16)13-23-11-9-19(10-12-23)21-18-15(20)6-4-8-17(18)29(26,27)22-19/h2-8,21-22H,9-13H2,1H3. The van der Waals surface area contributed by atoms with Crippen molar-refractivity contribution in [3.63, 3.8) is 0 Å². The van der Waals surface area contributed by atoms with Crippen LogP contribution in [0.1, 0.15) is 18.4 Å². The maximum atomic E-state index is 14.3. The molecule has 10 heteroatoms. The van der Waals surface area contributed by atoms with Gasteiger partial charge in [-0.2, -0.15) is 4.72 Å². The van der Waals surface area contributed by atoms with E-state index in [9.17, 15) is 21.2 Å². The van der Waals surface area contributed by atoms with Crippen LogP contribution in [0.25, 0.3) is 0 Å². The quantitative estimate of drug-likeness (QED) is 0.759. The number of piperidine rings is 1. The summed E-state index contributed by atoms with van der Waals surface area (Å²) < 4.78 is 66.2. The van der Waals surface area contributed by atoms with Crippen molar-refractivity contribution in [3.8, 4) is 0 Å². The van der Waals surface area contributed by atoms with Crippen molar-refractivity contribution in [2.45, 2.75) is 34.8 Å². The summed E-state index contributed by atoms with van der Waals surface area (Å²) >= 11 is 0. The normalized spacial score (nSPS) is 20.8. The van der Waals surface area contributed by atoms with E-state index in [4.69, 9.17) is 0 Å². The van der Waals surface area contributed by atoms with Crippen molar-refractivity contribution in [3.05, 3.63) is 53.8 Å². The van der Waals surface area contributed by atoms with Crippen molar-refractivity contribution in [1.29, 1.82) is 0 Å². The number of hydrogen-bond donors (Lipinski definition) is 2. The van der Waals surface area contributed by atoms with Gasteiger partial charge in [-0.05, 0) is 36.6 Å². The van der Waals surface area contributed by atoms with Gasteiger partial charge in [0, 0.05) is 25.9 Å². The molecule has 0 unspecified atom stereocenters. The van der Waals surface area contributed by atoms with Crippen LogP contribution < -0.4 is 10.0 Å². The fourth-order valence-corrected chi connectivity index (χ4v) is 6.47. The number of nitrogens with one attached hydrogen (secondary N) is 2. The average molecular weight is 440 g/mol. The average Bonchev–Trinajstić information content (AvgIpc) is 2.64. The Morgan fingerprint density at radius 3 is 2.48 bits per heavy atom. The highest BCUT2D eigenvalue weighted by atomic mass is 32.2. The van der Waals surface area contributed by atoms with E-state index in [2.05, 4.69) is 14.9 Å². The van der Waals surface area contributed by atoms with E-state index in [1.54, 1.807) is 24.3 Å². The molecular formula is C19H22FN3O4S2. The Morgan fingerprint density at radius 1 is 1.10 bits per heavy atom. The van der Waals surface area contributed by atoms with Gasteiger partial charge >= 0.3 is 0 Å². The topological polar surface area (TPSA) is 95.6 Å². The van der Waals surface area contributed by atoms with Crippen LogP contribution in [-0.4, -0.2) is 46.7 Å². The predicted octanol–water partition coefficient (Wildman–Crippen LogP) is 1.93. The molecule has 0 bridgehead atoms. The van der Waals surface area contributed by atoms with Crippen molar-refractivity contribution < 1.29 is 21.2 Å². The van der Waals surface area contributed by atoms with Gasteiger partial charge in [0.2, 0.25) is 10.0 Å². The fraction of sp³-hybridized carbons (Fsp3) is 0.368. The number of para-hydroxylation sites is 1. The van der Waals surface area contributed by atoms with Crippen LogP contribution in [0, 0.1) is 5.82 Å². The van der Waals surface area contributed by atoms with E-state index in [1.165, 1.54) is 24.5 Å².